The average molecular weight is 313 g/mol. The topological polar surface area (TPSA) is 67.9 Å². The minimum Gasteiger partial charge on any atom is -0.356 e. The summed E-state index contributed by atoms with van der Waals surface area (Å²) in [4.78, 5) is 11.1. The highest BCUT2D eigenvalue weighted by Crippen LogP contribution is 2.29. The minimum absolute atomic E-state index is 0.217. The summed E-state index contributed by atoms with van der Waals surface area (Å²) in [5, 5.41) is 14.3. The van der Waals surface area contributed by atoms with E-state index in [9.17, 15) is 14.4 Å². The Kier molecular flexibility index (Phi) is 4.22. The van der Waals surface area contributed by atoms with Crippen molar-refractivity contribution in [3.63, 3.8) is 0 Å². The van der Waals surface area contributed by atoms with Gasteiger partial charge in [0.1, 0.15) is 6.07 Å². The van der Waals surface area contributed by atoms with Gasteiger partial charge in [-0.3, -0.25) is 4.79 Å². The van der Waals surface area contributed by atoms with Gasteiger partial charge in [-0.1, -0.05) is 6.07 Å². The molecule has 5 nitrogen and oxygen atoms in total. The normalized spacial score (nSPS) is 18.8. The van der Waals surface area contributed by atoms with Gasteiger partial charge in [-0.25, -0.2) is 9.07 Å². The Morgan fingerprint density at radius 2 is 2.35 bits per heavy atom. The van der Waals surface area contributed by atoms with Crippen molar-refractivity contribution in [1.82, 2.24) is 9.78 Å². The maximum atomic E-state index is 13.6. The number of hydrogen-bond donors (Lipinski definition) is 0. The molecule has 1 unspecified atom stereocenters. The van der Waals surface area contributed by atoms with Gasteiger partial charge in [-0.05, 0) is 43.0 Å². The molecule has 1 aliphatic rings. The number of nitriles is 1. The van der Waals surface area contributed by atoms with Crippen LogP contribution in [-0.4, -0.2) is 22.2 Å². The van der Waals surface area contributed by atoms with E-state index in [1.165, 1.54) is 13.0 Å². The van der Waals surface area contributed by atoms with Crippen LogP contribution in [0, 0.1) is 11.3 Å². The van der Waals surface area contributed by atoms with Crippen LogP contribution in [-0.2, 0) is 9.53 Å². The summed E-state index contributed by atoms with van der Waals surface area (Å²) in [7, 11) is 0. The molecule has 23 heavy (non-hydrogen) atoms. The number of fused-ring (bicyclic) bond motifs is 1. The molecule has 0 N–H and O–H groups in total. The van der Waals surface area contributed by atoms with Gasteiger partial charge in [-0.15, -0.1) is 0 Å². The molecule has 1 aliphatic heterocycles. The molecule has 1 aromatic carbocycles. The summed E-state index contributed by atoms with van der Waals surface area (Å²) in [6, 6.07) is 7.19. The summed E-state index contributed by atoms with van der Waals surface area (Å²) in [6.07, 6.45) is 3.84. The quantitative estimate of drug-likeness (QED) is 0.813. The number of rotatable bonds is 3. The maximum absolute atomic E-state index is 13.6. The number of aromatic nitrogens is 2. The summed E-state index contributed by atoms with van der Waals surface area (Å²) < 4.78 is 21.0. The van der Waals surface area contributed by atoms with Crippen molar-refractivity contribution >= 4 is 22.8 Å². The van der Waals surface area contributed by atoms with Crippen molar-refractivity contribution in [2.75, 3.05) is 6.61 Å². The number of benzene rings is 1. The van der Waals surface area contributed by atoms with Crippen LogP contribution < -0.4 is 0 Å². The number of allylic oxidation sites excluding steroid dienone is 1. The van der Waals surface area contributed by atoms with E-state index in [4.69, 9.17) is 4.74 Å². The zero-order valence-corrected chi connectivity index (χ0v) is 12.8. The summed E-state index contributed by atoms with van der Waals surface area (Å²) >= 11 is 0. The van der Waals surface area contributed by atoms with Crippen LogP contribution in [0.15, 0.2) is 24.0 Å². The molecule has 0 spiro atoms. The van der Waals surface area contributed by atoms with Gasteiger partial charge in [0.2, 0.25) is 0 Å². The molecule has 0 saturated carbocycles. The lowest BCUT2D eigenvalue weighted by Gasteiger charge is -2.23. The predicted octanol–water partition coefficient (Wildman–Crippen LogP) is 3.51. The molecular weight excluding hydrogens is 297 g/mol. The third-order valence-electron chi connectivity index (χ3n) is 3.90. The maximum Gasteiger partial charge on any atom is 0.188 e. The lowest BCUT2D eigenvalue weighted by molar-refractivity contribution is -0.114. The molecule has 2 heterocycles. The third kappa shape index (κ3) is 3.01. The van der Waals surface area contributed by atoms with Gasteiger partial charge < -0.3 is 4.74 Å². The fourth-order valence-corrected chi connectivity index (χ4v) is 2.71. The van der Waals surface area contributed by atoms with E-state index >= 15 is 0 Å². The first kappa shape index (κ1) is 15.4. The van der Waals surface area contributed by atoms with Gasteiger partial charge in [0, 0.05) is 18.9 Å². The predicted molar refractivity (Wildman–Crippen MR) is 83.1 cm³/mol. The van der Waals surface area contributed by atoms with Crippen molar-refractivity contribution in [2.24, 2.45) is 0 Å². The Bertz CT molecular complexity index is 826. The highest BCUT2D eigenvalue weighted by molar-refractivity contribution is 5.96. The second-order valence-corrected chi connectivity index (χ2v) is 5.55. The first-order valence-electron chi connectivity index (χ1n) is 7.52. The monoisotopic (exact) mass is 313 g/mol. The van der Waals surface area contributed by atoms with Gasteiger partial charge in [0.15, 0.2) is 23.5 Å². The molecule has 3 rings (SSSR count). The van der Waals surface area contributed by atoms with E-state index in [2.05, 4.69) is 11.2 Å². The first-order valence-corrected chi connectivity index (χ1v) is 7.52. The SMILES string of the molecule is CC(=O)/C(F)=C/c1ccc2c(C#N)nn(C3CCCCO3)c2c1. The summed E-state index contributed by atoms with van der Waals surface area (Å²) in [5.41, 5.74) is 1.57. The lowest BCUT2D eigenvalue weighted by atomic mass is 10.1. The van der Waals surface area contributed by atoms with Crippen LogP contribution in [0.4, 0.5) is 4.39 Å². The van der Waals surface area contributed by atoms with E-state index in [0.29, 0.717) is 28.8 Å². The molecule has 1 atom stereocenters. The molecule has 0 aliphatic carbocycles. The number of carbonyl (C=O) groups excluding carboxylic acids is 1. The van der Waals surface area contributed by atoms with Crippen molar-refractivity contribution < 1.29 is 13.9 Å². The minimum atomic E-state index is -0.801. The van der Waals surface area contributed by atoms with Crippen LogP contribution in [0.25, 0.3) is 17.0 Å². The molecule has 1 saturated heterocycles. The number of hydrogen-bond acceptors (Lipinski definition) is 4. The number of Topliss-reactive ketones (excluding diaryl/α,β-unsaturated/α-hetero) is 1. The van der Waals surface area contributed by atoms with Gasteiger partial charge in [-0.2, -0.15) is 10.4 Å². The number of nitrogens with zero attached hydrogens (tertiary/aromatic N) is 3. The molecule has 0 bridgehead atoms. The molecule has 2 aromatic rings. The van der Waals surface area contributed by atoms with Crippen LogP contribution in [0.1, 0.15) is 43.7 Å². The molecule has 1 aromatic heterocycles. The van der Waals surface area contributed by atoms with Crippen LogP contribution >= 0.6 is 0 Å². The number of halogens is 1. The fourth-order valence-electron chi connectivity index (χ4n) is 2.71. The number of ether oxygens (including phenoxy) is 1. The molecule has 6 heteroatoms. The van der Waals surface area contributed by atoms with E-state index in [-0.39, 0.29) is 6.23 Å². The molecular formula is C17H16FN3O2. The third-order valence-corrected chi connectivity index (χ3v) is 3.90. The Morgan fingerprint density at radius 3 is 3.00 bits per heavy atom. The highest BCUT2D eigenvalue weighted by atomic mass is 19.1. The molecule has 0 radical (unpaired) electrons. The average Bonchev–Trinajstić information content (AvgIpc) is 2.93. The Hall–Kier alpha value is -2.52. The van der Waals surface area contributed by atoms with Crippen molar-refractivity contribution in [3.8, 4) is 6.07 Å². The van der Waals surface area contributed by atoms with Crippen LogP contribution in [0.5, 0.6) is 0 Å². The van der Waals surface area contributed by atoms with E-state index in [1.54, 1.807) is 22.9 Å². The summed E-state index contributed by atoms with van der Waals surface area (Å²) in [6.45, 7) is 1.84. The van der Waals surface area contributed by atoms with Crippen molar-refractivity contribution in [2.45, 2.75) is 32.4 Å². The smallest absolute Gasteiger partial charge is 0.188 e. The van der Waals surface area contributed by atoms with Crippen LogP contribution in [0.2, 0.25) is 0 Å². The Balaban J connectivity index is 2.10. The van der Waals surface area contributed by atoms with Crippen LogP contribution in [0.3, 0.4) is 0 Å². The lowest BCUT2D eigenvalue weighted by Crippen LogP contribution is -2.19. The highest BCUT2D eigenvalue weighted by Gasteiger charge is 2.21. The van der Waals surface area contributed by atoms with E-state index in [1.807, 2.05) is 0 Å². The molecule has 118 valence electrons. The second-order valence-electron chi connectivity index (χ2n) is 5.55. The standard InChI is InChI=1S/C17H16FN3O2/c1-11(22)14(18)8-12-5-6-13-15(10-19)20-21(16(13)9-12)17-4-2-3-7-23-17/h5-6,8-9,17H,2-4,7H2,1H3/b14-8-. The van der Waals surface area contributed by atoms with E-state index < -0.39 is 11.6 Å². The molecule has 1 fully saturated rings. The number of ketones is 1. The Morgan fingerprint density at radius 1 is 1.52 bits per heavy atom. The zero-order valence-electron chi connectivity index (χ0n) is 12.8. The van der Waals surface area contributed by atoms with Crippen molar-refractivity contribution in [1.29, 1.82) is 5.26 Å². The van der Waals surface area contributed by atoms with E-state index in [0.717, 1.165) is 19.3 Å². The first-order chi connectivity index (χ1) is 11.1. The number of carbonyl (C=O) groups is 1. The Labute approximate surface area is 133 Å². The van der Waals surface area contributed by atoms with Crippen molar-refractivity contribution in [3.05, 3.63) is 35.3 Å². The van der Waals surface area contributed by atoms with Gasteiger partial charge in [0.25, 0.3) is 0 Å². The fraction of sp³-hybridized carbons (Fsp3) is 0.353. The second kappa shape index (κ2) is 6.31. The zero-order chi connectivity index (χ0) is 16.4. The summed E-state index contributed by atoms with van der Waals surface area (Å²) in [5.74, 6) is -1.42. The van der Waals surface area contributed by atoms with Gasteiger partial charge in [0.05, 0.1) is 5.52 Å². The van der Waals surface area contributed by atoms with Gasteiger partial charge >= 0.3 is 0 Å². The largest absolute Gasteiger partial charge is 0.356 e. The molecule has 0 amide bonds.